The minimum Gasteiger partial charge on any atom is -0.352 e. The number of carbonyl (C=O) groups excluding carboxylic acids is 1. The second kappa shape index (κ2) is 9.57. The van der Waals surface area contributed by atoms with Crippen molar-refractivity contribution < 1.29 is 4.79 Å². The lowest BCUT2D eigenvalue weighted by Crippen LogP contribution is -2.33. The quantitative estimate of drug-likeness (QED) is 0.798. The van der Waals surface area contributed by atoms with Crippen molar-refractivity contribution in [3.63, 3.8) is 0 Å². The van der Waals surface area contributed by atoms with Gasteiger partial charge in [0.05, 0.1) is 10.6 Å². The zero-order valence-electron chi connectivity index (χ0n) is 12.2. The first-order valence-electron chi connectivity index (χ1n) is 7.03. The third kappa shape index (κ3) is 5.70. The van der Waals surface area contributed by atoms with Crippen molar-refractivity contribution in [2.24, 2.45) is 5.92 Å². The Morgan fingerprint density at radius 3 is 3.00 bits per heavy atom. The van der Waals surface area contributed by atoms with Crippen LogP contribution in [0.5, 0.6) is 0 Å². The predicted octanol–water partition coefficient (Wildman–Crippen LogP) is 3.60. The highest BCUT2D eigenvalue weighted by Crippen LogP contribution is 2.23. The molecule has 1 aliphatic heterocycles. The summed E-state index contributed by atoms with van der Waals surface area (Å²) in [6, 6.07) is 5.56. The van der Waals surface area contributed by atoms with E-state index in [1.165, 1.54) is 12.8 Å². The molecule has 2 N–H and O–H groups in total. The molecule has 1 aromatic rings. The highest BCUT2D eigenvalue weighted by molar-refractivity contribution is 7.98. The highest BCUT2D eigenvalue weighted by Gasteiger charge is 2.14. The lowest BCUT2D eigenvalue weighted by molar-refractivity contribution is 0.0950. The molecule has 0 bridgehead atoms. The molecule has 2 rings (SSSR count). The lowest BCUT2D eigenvalue weighted by Gasteiger charge is -2.22. The third-order valence-corrected chi connectivity index (χ3v) is 4.71. The van der Waals surface area contributed by atoms with Crippen LogP contribution < -0.4 is 10.6 Å². The summed E-state index contributed by atoms with van der Waals surface area (Å²) >= 11 is 7.70. The van der Waals surface area contributed by atoms with Crippen LogP contribution in [0.15, 0.2) is 23.1 Å². The first-order chi connectivity index (χ1) is 9.70. The van der Waals surface area contributed by atoms with Crippen LogP contribution in [0.4, 0.5) is 0 Å². The SMILES string of the molecule is CSc1ccc(Cl)c(C(=O)NCCC2CCCNC2)c1.Cl. The number of halogens is 2. The molecular formula is C15H22Cl2N2OS. The average Bonchev–Trinajstić information content (AvgIpc) is 2.48. The van der Waals surface area contributed by atoms with Gasteiger partial charge < -0.3 is 10.6 Å². The molecule has 0 saturated carbocycles. The molecule has 1 unspecified atom stereocenters. The van der Waals surface area contributed by atoms with Crippen LogP contribution in [0.2, 0.25) is 5.02 Å². The molecule has 1 aliphatic rings. The van der Waals surface area contributed by atoms with E-state index in [2.05, 4.69) is 10.6 Å². The monoisotopic (exact) mass is 348 g/mol. The Kier molecular flexibility index (Phi) is 8.49. The molecule has 0 radical (unpaired) electrons. The minimum atomic E-state index is -0.0744. The molecule has 1 atom stereocenters. The summed E-state index contributed by atoms with van der Waals surface area (Å²) in [5, 5.41) is 6.88. The van der Waals surface area contributed by atoms with Crippen molar-refractivity contribution in [2.75, 3.05) is 25.9 Å². The van der Waals surface area contributed by atoms with E-state index in [9.17, 15) is 4.79 Å². The van der Waals surface area contributed by atoms with Gasteiger partial charge >= 0.3 is 0 Å². The topological polar surface area (TPSA) is 41.1 Å². The smallest absolute Gasteiger partial charge is 0.252 e. The van der Waals surface area contributed by atoms with E-state index in [0.717, 1.165) is 24.4 Å². The summed E-state index contributed by atoms with van der Waals surface area (Å²) in [6.07, 6.45) is 5.51. The van der Waals surface area contributed by atoms with Crippen molar-refractivity contribution >= 4 is 41.7 Å². The van der Waals surface area contributed by atoms with Gasteiger partial charge in [-0.15, -0.1) is 24.2 Å². The standard InChI is InChI=1S/C15H21ClN2OS.ClH/c1-20-12-4-5-14(16)13(9-12)15(19)18-8-6-11-3-2-7-17-10-11;/h4-5,9,11,17H,2-3,6-8,10H2,1H3,(H,18,19);1H. The van der Waals surface area contributed by atoms with Crippen molar-refractivity contribution in [3.8, 4) is 0 Å². The number of nitrogens with one attached hydrogen (secondary N) is 2. The lowest BCUT2D eigenvalue weighted by atomic mass is 9.96. The maximum absolute atomic E-state index is 12.2. The molecule has 0 aromatic heterocycles. The van der Waals surface area contributed by atoms with Gasteiger partial charge in [0.2, 0.25) is 0 Å². The molecule has 0 aliphatic carbocycles. The molecule has 6 heteroatoms. The maximum atomic E-state index is 12.2. The van der Waals surface area contributed by atoms with Crippen LogP contribution >= 0.6 is 35.8 Å². The van der Waals surface area contributed by atoms with Gasteiger partial charge in [-0.25, -0.2) is 0 Å². The number of rotatable bonds is 5. The first-order valence-corrected chi connectivity index (χ1v) is 8.63. The van der Waals surface area contributed by atoms with Gasteiger partial charge in [-0.2, -0.15) is 0 Å². The zero-order chi connectivity index (χ0) is 14.4. The maximum Gasteiger partial charge on any atom is 0.252 e. The van der Waals surface area contributed by atoms with Gasteiger partial charge in [0.1, 0.15) is 0 Å². The van der Waals surface area contributed by atoms with Gasteiger partial charge in [0, 0.05) is 11.4 Å². The van der Waals surface area contributed by atoms with E-state index in [4.69, 9.17) is 11.6 Å². The number of thioether (sulfide) groups is 1. The van der Waals surface area contributed by atoms with Gasteiger partial charge in [0.25, 0.3) is 5.91 Å². The molecule has 1 amide bonds. The summed E-state index contributed by atoms with van der Waals surface area (Å²) in [5.74, 6) is 0.603. The summed E-state index contributed by atoms with van der Waals surface area (Å²) in [4.78, 5) is 13.2. The van der Waals surface area contributed by atoms with Gasteiger partial charge in [0.15, 0.2) is 0 Å². The van der Waals surface area contributed by atoms with Crippen LogP contribution in [-0.4, -0.2) is 31.8 Å². The number of piperidine rings is 1. The van der Waals surface area contributed by atoms with E-state index >= 15 is 0 Å². The van der Waals surface area contributed by atoms with E-state index in [1.807, 2.05) is 18.4 Å². The fourth-order valence-electron chi connectivity index (χ4n) is 2.46. The molecule has 118 valence electrons. The van der Waals surface area contributed by atoms with Gasteiger partial charge in [-0.3, -0.25) is 4.79 Å². The van der Waals surface area contributed by atoms with Crippen LogP contribution in [-0.2, 0) is 0 Å². The van der Waals surface area contributed by atoms with E-state index in [0.29, 0.717) is 23.0 Å². The summed E-state index contributed by atoms with van der Waals surface area (Å²) < 4.78 is 0. The molecule has 3 nitrogen and oxygen atoms in total. The van der Waals surface area contributed by atoms with Crippen LogP contribution in [0, 0.1) is 5.92 Å². The Morgan fingerprint density at radius 1 is 1.52 bits per heavy atom. The van der Waals surface area contributed by atoms with Crippen molar-refractivity contribution in [1.29, 1.82) is 0 Å². The Balaban J connectivity index is 0.00000220. The van der Waals surface area contributed by atoms with Gasteiger partial charge in [-0.05, 0) is 62.7 Å². The average molecular weight is 349 g/mol. The van der Waals surface area contributed by atoms with Crippen LogP contribution in [0.1, 0.15) is 29.6 Å². The molecule has 1 fully saturated rings. The number of amides is 1. The third-order valence-electron chi connectivity index (χ3n) is 3.66. The Bertz CT molecular complexity index is 465. The normalized spacial score (nSPS) is 17.9. The van der Waals surface area contributed by atoms with E-state index in [1.54, 1.807) is 17.8 Å². The fraction of sp³-hybridized carbons (Fsp3) is 0.533. The number of hydrogen-bond donors (Lipinski definition) is 2. The number of carbonyl (C=O) groups is 1. The second-order valence-electron chi connectivity index (χ2n) is 5.10. The molecule has 1 saturated heterocycles. The van der Waals surface area contributed by atoms with Crippen LogP contribution in [0.3, 0.4) is 0 Å². The van der Waals surface area contributed by atoms with Crippen LogP contribution in [0.25, 0.3) is 0 Å². The first kappa shape index (κ1) is 18.6. The fourth-order valence-corrected chi connectivity index (χ4v) is 3.10. The Hall–Kier alpha value is -0.420. The highest BCUT2D eigenvalue weighted by atomic mass is 35.5. The Morgan fingerprint density at radius 2 is 2.33 bits per heavy atom. The predicted molar refractivity (Wildman–Crippen MR) is 93.0 cm³/mol. The zero-order valence-corrected chi connectivity index (χ0v) is 14.5. The van der Waals surface area contributed by atoms with E-state index < -0.39 is 0 Å². The second-order valence-corrected chi connectivity index (χ2v) is 6.39. The molecular weight excluding hydrogens is 327 g/mol. The summed E-state index contributed by atoms with van der Waals surface area (Å²) in [7, 11) is 0. The van der Waals surface area contributed by atoms with E-state index in [-0.39, 0.29) is 18.3 Å². The summed E-state index contributed by atoms with van der Waals surface area (Å²) in [5.41, 5.74) is 0.570. The number of hydrogen-bond acceptors (Lipinski definition) is 3. The molecule has 0 spiro atoms. The van der Waals surface area contributed by atoms with Crippen molar-refractivity contribution in [2.45, 2.75) is 24.2 Å². The molecule has 21 heavy (non-hydrogen) atoms. The van der Waals surface area contributed by atoms with Crippen molar-refractivity contribution in [3.05, 3.63) is 28.8 Å². The van der Waals surface area contributed by atoms with Crippen molar-refractivity contribution in [1.82, 2.24) is 10.6 Å². The molecule has 1 heterocycles. The molecule has 1 aromatic carbocycles. The Labute approximate surface area is 142 Å². The minimum absolute atomic E-state index is 0. The summed E-state index contributed by atoms with van der Waals surface area (Å²) in [6.45, 7) is 2.91. The largest absolute Gasteiger partial charge is 0.352 e. The van der Waals surface area contributed by atoms with Gasteiger partial charge in [-0.1, -0.05) is 11.6 Å². The number of benzene rings is 1.